The van der Waals surface area contributed by atoms with Crippen molar-refractivity contribution in [1.29, 1.82) is 0 Å². The lowest BCUT2D eigenvalue weighted by molar-refractivity contribution is 0.00852. The minimum absolute atomic E-state index is 0.179. The van der Waals surface area contributed by atoms with Crippen molar-refractivity contribution in [1.82, 2.24) is 9.97 Å². The first-order valence-corrected chi connectivity index (χ1v) is 13.5. The molecular formula is C29H29Cl2F2N5O2. The van der Waals surface area contributed by atoms with E-state index in [9.17, 15) is 8.78 Å². The number of pyridine rings is 2. The summed E-state index contributed by atoms with van der Waals surface area (Å²) in [4.78, 5) is 9.48. The molecule has 3 N–H and O–H groups in total. The predicted molar refractivity (Wildman–Crippen MR) is 158 cm³/mol. The first kappa shape index (κ1) is 28.0. The first-order chi connectivity index (χ1) is 19.1. The van der Waals surface area contributed by atoms with Crippen molar-refractivity contribution in [2.24, 2.45) is 0 Å². The maximum absolute atomic E-state index is 14.1. The number of hydrogen-bond donors (Lipinski definition) is 3. The molecule has 0 spiro atoms. The fourth-order valence-electron chi connectivity index (χ4n) is 5.00. The van der Waals surface area contributed by atoms with Crippen LogP contribution in [-0.4, -0.2) is 43.2 Å². The van der Waals surface area contributed by atoms with Crippen LogP contribution in [0.1, 0.15) is 24.8 Å². The zero-order chi connectivity index (χ0) is 28.6. The Hall–Kier alpha value is -3.56. The van der Waals surface area contributed by atoms with E-state index in [0.29, 0.717) is 46.2 Å². The van der Waals surface area contributed by atoms with Gasteiger partial charge in [0, 0.05) is 54.5 Å². The first-order valence-electron chi connectivity index (χ1n) is 12.7. The van der Waals surface area contributed by atoms with Crippen LogP contribution in [0.3, 0.4) is 0 Å². The number of halogens is 4. The Morgan fingerprint density at radius 2 is 1.77 bits per heavy atom. The van der Waals surface area contributed by atoms with E-state index in [1.807, 2.05) is 38.2 Å². The highest BCUT2D eigenvalue weighted by atomic mass is 35.5. The van der Waals surface area contributed by atoms with Gasteiger partial charge in [0.2, 0.25) is 5.92 Å². The second kappa shape index (κ2) is 11.1. The van der Waals surface area contributed by atoms with Crippen LogP contribution in [0.15, 0.2) is 42.6 Å². The molecule has 4 aromatic rings. The number of ether oxygens (including phenoxy) is 2. The number of fused-ring (bicyclic) bond motifs is 1. The van der Waals surface area contributed by atoms with Crippen LogP contribution in [0.2, 0.25) is 10.0 Å². The highest BCUT2D eigenvalue weighted by molar-refractivity contribution is 6.41. The predicted octanol–water partition coefficient (Wildman–Crippen LogP) is 8.31. The van der Waals surface area contributed by atoms with Gasteiger partial charge in [-0.2, -0.15) is 0 Å². The molecule has 40 heavy (non-hydrogen) atoms. The molecule has 5 rings (SSSR count). The SMILES string of the molecule is CNc1cccc(C)c1Nc1cc2c(NC3CCC(F)(F)C3)nc(-c3c(Cl)c(OC)cc(OC)c3Cl)cc2cn1. The Kier molecular flexibility index (Phi) is 7.79. The van der Waals surface area contributed by atoms with Gasteiger partial charge in [0.05, 0.1) is 41.3 Å². The lowest BCUT2D eigenvalue weighted by atomic mass is 10.1. The van der Waals surface area contributed by atoms with E-state index in [-0.39, 0.29) is 22.9 Å². The number of nitrogens with zero attached hydrogens (tertiary/aromatic N) is 2. The number of aryl methyl sites for hydroxylation is 1. The molecule has 210 valence electrons. The average Bonchev–Trinajstić information content (AvgIpc) is 3.28. The third kappa shape index (κ3) is 5.40. The number of alkyl halides is 2. The van der Waals surface area contributed by atoms with Crippen LogP contribution >= 0.6 is 23.2 Å². The summed E-state index contributed by atoms with van der Waals surface area (Å²) >= 11 is 13.4. The molecule has 1 atom stereocenters. The van der Waals surface area contributed by atoms with Crippen LogP contribution in [0, 0.1) is 6.92 Å². The largest absolute Gasteiger partial charge is 0.495 e. The Labute approximate surface area is 241 Å². The summed E-state index contributed by atoms with van der Waals surface area (Å²) in [6.45, 7) is 2.00. The zero-order valence-electron chi connectivity index (χ0n) is 22.5. The summed E-state index contributed by atoms with van der Waals surface area (Å²) in [5.74, 6) is -0.998. The van der Waals surface area contributed by atoms with E-state index in [4.69, 9.17) is 37.7 Å². The molecule has 2 aromatic heterocycles. The molecule has 11 heteroatoms. The Bertz CT molecular complexity index is 1560. The van der Waals surface area contributed by atoms with Crippen molar-refractivity contribution in [2.75, 3.05) is 37.2 Å². The van der Waals surface area contributed by atoms with Crippen LogP contribution < -0.4 is 25.4 Å². The van der Waals surface area contributed by atoms with Gasteiger partial charge in [-0.1, -0.05) is 35.3 Å². The summed E-state index contributed by atoms with van der Waals surface area (Å²) in [6.07, 6.45) is 1.56. The molecule has 7 nitrogen and oxygen atoms in total. The number of rotatable bonds is 8. The van der Waals surface area contributed by atoms with Crippen LogP contribution in [0.4, 0.5) is 31.8 Å². The minimum Gasteiger partial charge on any atom is -0.495 e. The summed E-state index contributed by atoms with van der Waals surface area (Å²) in [5, 5.41) is 11.8. The molecule has 1 aliphatic carbocycles. The van der Waals surface area contributed by atoms with Gasteiger partial charge in [-0.15, -0.1) is 0 Å². The number of hydrogen-bond acceptors (Lipinski definition) is 7. The molecule has 0 amide bonds. The molecule has 1 fully saturated rings. The summed E-state index contributed by atoms with van der Waals surface area (Å²) in [7, 11) is 4.83. The fourth-order valence-corrected chi connectivity index (χ4v) is 5.69. The van der Waals surface area contributed by atoms with Crippen molar-refractivity contribution in [3.8, 4) is 22.8 Å². The van der Waals surface area contributed by atoms with E-state index in [1.54, 1.807) is 18.3 Å². The number of nitrogens with one attached hydrogen (secondary N) is 3. The number of anilines is 4. The molecule has 1 unspecified atom stereocenters. The maximum atomic E-state index is 14.1. The van der Waals surface area contributed by atoms with Crippen molar-refractivity contribution in [3.63, 3.8) is 0 Å². The van der Waals surface area contributed by atoms with Crippen molar-refractivity contribution in [2.45, 2.75) is 38.2 Å². The number of para-hydroxylation sites is 1. The van der Waals surface area contributed by atoms with Gasteiger partial charge in [-0.25, -0.2) is 18.7 Å². The highest BCUT2D eigenvalue weighted by Crippen LogP contribution is 2.47. The van der Waals surface area contributed by atoms with E-state index >= 15 is 0 Å². The van der Waals surface area contributed by atoms with Gasteiger partial charge in [-0.05, 0) is 37.1 Å². The number of aromatic nitrogens is 2. The zero-order valence-corrected chi connectivity index (χ0v) is 24.0. The minimum atomic E-state index is -2.72. The molecule has 0 saturated heterocycles. The normalized spacial score (nSPS) is 16.1. The third-order valence-corrected chi connectivity index (χ3v) is 7.83. The molecule has 0 radical (unpaired) electrons. The lowest BCUT2D eigenvalue weighted by Crippen LogP contribution is -2.20. The van der Waals surface area contributed by atoms with E-state index in [0.717, 1.165) is 22.3 Å². The van der Waals surface area contributed by atoms with Crippen molar-refractivity contribution >= 4 is 57.0 Å². The molecule has 1 aliphatic rings. The van der Waals surface area contributed by atoms with Gasteiger partial charge in [0.25, 0.3) is 0 Å². The Balaban J connectivity index is 1.66. The second-order valence-corrected chi connectivity index (χ2v) is 10.5. The molecule has 2 heterocycles. The van der Waals surface area contributed by atoms with Gasteiger partial charge >= 0.3 is 0 Å². The van der Waals surface area contributed by atoms with Gasteiger partial charge in [0.15, 0.2) is 0 Å². The number of benzene rings is 2. The lowest BCUT2D eigenvalue weighted by Gasteiger charge is -2.19. The monoisotopic (exact) mass is 587 g/mol. The second-order valence-electron chi connectivity index (χ2n) is 9.74. The van der Waals surface area contributed by atoms with Gasteiger partial charge in [0.1, 0.15) is 23.1 Å². The standard InChI is InChI=1S/C29H29Cl2F2N5O2/c1-15-6-5-7-19(34-2)27(15)38-23-11-18-16(14-35-23)10-20(37-28(18)36-17-8-9-29(32,33)13-17)24-25(30)21(39-3)12-22(40-4)26(24)31/h5-7,10-12,14,17,34H,8-9,13H2,1-4H3,(H,35,38)(H,36,37). The topological polar surface area (TPSA) is 80.3 Å². The smallest absolute Gasteiger partial charge is 0.250 e. The Morgan fingerprint density at radius 1 is 1.05 bits per heavy atom. The summed E-state index contributed by atoms with van der Waals surface area (Å²) < 4.78 is 39.1. The molecule has 2 aromatic carbocycles. The van der Waals surface area contributed by atoms with E-state index in [2.05, 4.69) is 20.9 Å². The van der Waals surface area contributed by atoms with E-state index < -0.39 is 12.0 Å². The summed E-state index contributed by atoms with van der Waals surface area (Å²) in [6, 6.07) is 10.7. The molecule has 1 saturated carbocycles. The van der Waals surface area contributed by atoms with Gasteiger partial charge < -0.3 is 25.4 Å². The third-order valence-electron chi connectivity index (χ3n) is 7.08. The molecule has 0 bridgehead atoms. The van der Waals surface area contributed by atoms with Crippen LogP contribution in [0.25, 0.3) is 22.0 Å². The van der Waals surface area contributed by atoms with Crippen molar-refractivity contribution in [3.05, 3.63) is 58.2 Å². The number of methoxy groups -OCH3 is 2. The fraction of sp³-hybridized carbons (Fsp3) is 0.310. The summed E-state index contributed by atoms with van der Waals surface area (Å²) in [5.41, 5.74) is 3.66. The van der Waals surface area contributed by atoms with Crippen LogP contribution in [0.5, 0.6) is 11.5 Å². The maximum Gasteiger partial charge on any atom is 0.250 e. The Morgan fingerprint density at radius 3 is 2.40 bits per heavy atom. The van der Waals surface area contributed by atoms with E-state index in [1.165, 1.54) is 14.2 Å². The molecular weight excluding hydrogens is 559 g/mol. The van der Waals surface area contributed by atoms with Crippen molar-refractivity contribution < 1.29 is 18.3 Å². The molecule has 0 aliphatic heterocycles. The average molecular weight is 588 g/mol. The van der Waals surface area contributed by atoms with Gasteiger partial charge in [-0.3, -0.25) is 0 Å². The quantitative estimate of drug-likeness (QED) is 0.191. The van der Waals surface area contributed by atoms with Crippen LogP contribution in [-0.2, 0) is 0 Å². The highest BCUT2D eigenvalue weighted by Gasteiger charge is 2.39.